The van der Waals surface area contributed by atoms with Gasteiger partial charge in [0.25, 0.3) is 5.91 Å². The highest BCUT2D eigenvalue weighted by Crippen LogP contribution is 2.37. The molecule has 2 aromatic heterocycles. The molecule has 0 fully saturated rings. The van der Waals surface area contributed by atoms with Crippen LogP contribution in [0.3, 0.4) is 0 Å². The standard InChI is InChI=1S/C20H18FN3O3/c1-23(2)9-10-24-17(14-5-3-4-8-22-14)16-18(25)13-11-12(21)6-7-15(13)27-19(16)20(24)26/h3-8,11,17H,9-10H2,1-2H3/t17-/m0/s1. The molecule has 0 radical (unpaired) electrons. The van der Waals surface area contributed by atoms with E-state index >= 15 is 0 Å². The summed E-state index contributed by atoms with van der Waals surface area (Å²) in [7, 11) is 3.81. The zero-order valence-corrected chi connectivity index (χ0v) is 15.0. The van der Waals surface area contributed by atoms with E-state index in [-0.39, 0.29) is 28.2 Å². The van der Waals surface area contributed by atoms with Crippen LogP contribution in [0.5, 0.6) is 0 Å². The molecular formula is C20H18FN3O3. The molecule has 0 bridgehead atoms. The van der Waals surface area contributed by atoms with Crippen molar-refractivity contribution in [1.82, 2.24) is 14.8 Å². The normalized spacial score (nSPS) is 16.4. The zero-order valence-electron chi connectivity index (χ0n) is 15.0. The number of amides is 1. The van der Waals surface area contributed by atoms with E-state index in [0.29, 0.717) is 18.8 Å². The third-order valence-corrected chi connectivity index (χ3v) is 4.68. The van der Waals surface area contributed by atoms with E-state index in [1.54, 1.807) is 29.3 Å². The van der Waals surface area contributed by atoms with Crippen LogP contribution in [0.4, 0.5) is 4.39 Å². The number of rotatable bonds is 4. The molecule has 3 heterocycles. The number of hydrogen-bond acceptors (Lipinski definition) is 5. The smallest absolute Gasteiger partial charge is 0.291 e. The molecular weight excluding hydrogens is 349 g/mol. The molecule has 7 heteroatoms. The van der Waals surface area contributed by atoms with Gasteiger partial charge in [-0.3, -0.25) is 14.6 Å². The summed E-state index contributed by atoms with van der Waals surface area (Å²) >= 11 is 0. The molecule has 1 aromatic carbocycles. The number of halogens is 1. The van der Waals surface area contributed by atoms with Crippen molar-refractivity contribution in [2.24, 2.45) is 0 Å². The maximum absolute atomic E-state index is 13.7. The van der Waals surface area contributed by atoms with Crippen molar-refractivity contribution < 1.29 is 13.6 Å². The van der Waals surface area contributed by atoms with E-state index in [1.165, 1.54) is 12.1 Å². The Morgan fingerprint density at radius 1 is 1.22 bits per heavy atom. The predicted molar refractivity (Wildman–Crippen MR) is 98.1 cm³/mol. The Kier molecular flexibility index (Phi) is 4.24. The number of hydrogen-bond donors (Lipinski definition) is 0. The average molecular weight is 367 g/mol. The van der Waals surface area contributed by atoms with Gasteiger partial charge in [-0.1, -0.05) is 6.07 Å². The summed E-state index contributed by atoms with van der Waals surface area (Å²) in [5.74, 6) is -0.878. The summed E-state index contributed by atoms with van der Waals surface area (Å²) in [6, 6.07) is 8.41. The Morgan fingerprint density at radius 3 is 2.74 bits per heavy atom. The van der Waals surface area contributed by atoms with Crippen molar-refractivity contribution >= 4 is 16.9 Å². The fraction of sp³-hybridized carbons (Fsp3) is 0.250. The molecule has 0 saturated carbocycles. The molecule has 3 aromatic rings. The maximum atomic E-state index is 13.7. The molecule has 0 aliphatic carbocycles. The third-order valence-electron chi connectivity index (χ3n) is 4.68. The van der Waals surface area contributed by atoms with Gasteiger partial charge in [0.1, 0.15) is 17.4 Å². The first-order valence-electron chi connectivity index (χ1n) is 8.60. The van der Waals surface area contributed by atoms with Crippen LogP contribution in [0.1, 0.15) is 27.9 Å². The molecule has 6 nitrogen and oxygen atoms in total. The second-order valence-corrected chi connectivity index (χ2v) is 6.77. The van der Waals surface area contributed by atoms with Crippen LogP contribution in [0.2, 0.25) is 0 Å². The number of fused-ring (bicyclic) bond motifs is 2. The van der Waals surface area contributed by atoms with Crippen molar-refractivity contribution in [3.05, 3.63) is 75.7 Å². The maximum Gasteiger partial charge on any atom is 0.291 e. The summed E-state index contributed by atoms with van der Waals surface area (Å²) in [5.41, 5.74) is 0.590. The van der Waals surface area contributed by atoms with E-state index < -0.39 is 17.3 Å². The molecule has 27 heavy (non-hydrogen) atoms. The lowest BCUT2D eigenvalue weighted by molar-refractivity contribution is 0.0714. The second kappa shape index (κ2) is 6.59. The van der Waals surface area contributed by atoms with Gasteiger partial charge >= 0.3 is 0 Å². The van der Waals surface area contributed by atoms with Gasteiger partial charge in [0.2, 0.25) is 5.76 Å². The second-order valence-electron chi connectivity index (χ2n) is 6.77. The van der Waals surface area contributed by atoms with Crippen LogP contribution in [-0.2, 0) is 0 Å². The summed E-state index contributed by atoms with van der Waals surface area (Å²) in [5, 5.41) is 0.122. The minimum atomic E-state index is -0.655. The molecule has 1 aliphatic heterocycles. The first-order valence-corrected chi connectivity index (χ1v) is 8.60. The number of benzene rings is 1. The third kappa shape index (κ3) is 2.90. The molecule has 0 unspecified atom stereocenters. The summed E-state index contributed by atoms with van der Waals surface area (Å²) in [6.07, 6.45) is 1.62. The van der Waals surface area contributed by atoms with Gasteiger partial charge in [-0.15, -0.1) is 0 Å². The average Bonchev–Trinajstić information content (AvgIpc) is 2.94. The van der Waals surface area contributed by atoms with Gasteiger partial charge in [-0.05, 0) is 44.4 Å². The SMILES string of the molecule is CN(C)CCN1C(=O)c2oc3ccc(F)cc3c(=O)c2[C@@H]1c1ccccn1. The highest BCUT2D eigenvalue weighted by molar-refractivity contribution is 5.99. The lowest BCUT2D eigenvalue weighted by Gasteiger charge is -2.25. The molecule has 4 rings (SSSR count). The number of aromatic nitrogens is 1. The molecule has 0 N–H and O–H groups in total. The van der Waals surface area contributed by atoms with E-state index in [1.807, 2.05) is 19.0 Å². The minimum Gasteiger partial charge on any atom is -0.450 e. The largest absolute Gasteiger partial charge is 0.450 e. The first kappa shape index (κ1) is 17.4. The van der Waals surface area contributed by atoms with Crippen LogP contribution in [0.25, 0.3) is 11.0 Å². The molecule has 1 atom stereocenters. The Bertz CT molecular complexity index is 1080. The number of likely N-dealkylation sites (N-methyl/N-ethyl adjacent to an activating group) is 1. The zero-order chi connectivity index (χ0) is 19.1. The van der Waals surface area contributed by atoms with Crippen LogP contribution >= 0.6 is 0 Å². The summed E-state index contributed by atoms with van der Waals surface area (Å²) in [4.78, 5) is 34.1. The molecule has 1 aliphatic rings. The summed E-state index contributed by atoms with van der Waals surface area (Å²) in [6.45, 7) is 1.02. The van der Waals surface area contributed by atoms with Gasteiger partial charge in [-0.2, -0.15) is 0 Å². The lowest BCUT2D eigenvalue weighted by Crippen LogP contribution is -2.35. The summed E-state index contributed by atoms with van der Waals surface area (Å²) < 4.78 is 19.4. The Morgan fingerprint density at radius 2 is 2.04 bits per heavy atom. The van der Waals surface area contributed by atoms with Crippen molar-refractivity contribution in [2.75, 3.05) is 27.2 Å². The van der Waals surface area contributed by atoms with E-state index in [0.717, 1.165) is 6.07 Å². The molecule has 0 spiro atoms. The quantitative estimate of drug-likeness (QED) is 0.709. The van der Waals surface area contributed by atoms with E-state index in [2.05, 4.69) is 4.98 Å². The van der Waals surface area contributed by atoms with Gasteiger partial charge in [0.15, 0.2) is 5.43 Å². The van der Waals surface area contributed by atoms with Gasteiger partial charge in [0, 0.05) is 19.3 Å². The number of carbonyl (C=O) groups excluding carboxylic acids is 1. The van der Waals surface area contributed by atoms with Gasteiger partial charge < -0.3 is 14.2 Å². The topological polar surface area (TPSA) is 66.7 Å². The fourth-order valence-corrected chi connectivity index (χ4v) is 3.38. The van der Waals surface area contributed by atoms with Crippen molar-refractivity contribution in [1.29, 1.82) is 0 Å². The highest BCUT2D eigenvalue weighted by Gasteiger charge is 2.43. The Balaban J connectivity index is 1.95. The van der Waals surface area contributed by atoms with E-state index in [9.17, 15) is 14.0 Å². The van der Waals surface area contributed by atoms with Crippen LogP contribution in [0, 0.1) is 5.82 Å². The highest BCUT2D eigenvalue weighted by atomic mass is 19.1. The number of nitrogens with zero attached hydrogens (tertiary/aromatic N) is 3. The number of carbonyl (C=O) groups is 1. The van der Waals surface area contributed by atoms with Crippen molar-refractivity contribution in [3.63, 3.8) is 0 Å². The van der Waals surface area contributed by atoms with Crippen LogP contribution in [-0.4, -0.2) is 47.9 Å². The predicted octanol–water partition coefficient (Wildman–Crippen LogP) is 2.43. The molecule has 138 valence electrons. The Labute approximate surface area is 154 Å². The monoisotopic (exact) mass is 367 g/mol. The van der Waals surface area contributed by atoms with Gasteiger partial charge in [-0.25, -0.2) is 4.39 Å². The van der Waals surface area contributed by atoms with Gasteiger partial charge in [0.05, 0.1) is 16.6 Å². The van der Waals surface area contributed by atoms with Crippen molar-refractivity contribution in [3.8, 4) is 0 Å². The minimum absolute atomic E-state index is 0.00789. The Hall–Kier alpha value is -3.06. The van der Waals surface area contributed by atoms with Crippen molar-refractivity contribution in [2.45, 2.75) is 6.04 Å². The first-order chi connectivity index (χ1) is 13.0. The molecule has 1 amide bonds. The number of pyridine rings is 1. The van der Waals surface area contributed by atoms with Crippen LogP contribution < -0.4 is 5.43 Å². The fourth-order valence-electron chi connectivity index (χ4n) is 3.38. The lowest BCUT2D eigenvalue weighted by atomic mass is 10.0. The van der Waals surface area contributed by atoms with Crippen LogP contribution in [0.15, 0.2) is 51.8 Å². The van der Waals surface area contributed by atoms with E-state index in [4.69, 9.17) is 4.42 Å². The molecule has 0 saturated heterocycles.